The Morgan fingerprint density at radius 3 is 2.75 bits per heavy atom. The zero-order chi connectivity index (χ0) is 9.19. The van der Waals surface area contributed by atoms with Crippen LogP contribution in [0.3, 0.4) is 0 Å². The van der Waals surface area contributed by atoms with Crippen molar-refractivity contribution < 1.29 is 5.11 Å². The summed E-state index contributed by atoms with van der Waals surface area (Å²) in [5.41, 5.74) is 0.774. The van der Waals surface area contributed by atoms with E-state index in [0.29, 0.717) is 0 Å². The van der Waals surface area contributed by atoms with Crippen molar-refractivity contribution in [2.75, 3.05) is 19.6 Å². The second kappa shape index (κ2) is 3.58. The molecule has 1 fully saturated rings. The molecule has 0 aromatic heterocycles. The van der Waals surface area contributed by atoms with Gasteiger partial charge in [-0.2, -0.15) is 0 Å². The molecule has 70 valence electrons. The molecule has 1 N–H and O–H groups in total. The molecule has 1 unspecified atom stereocenters. The zero-order valence-electron chi connectivity index (χ0n) is 8.14. The van der Waals surface area contributed by atoms with E-state index >= 15 is 0 Å². The van der Waals surface area contributed by atoms with Gasteiger partial charge in [-0.05, 0) is 26.7 Å². The maximum atomic E-state index is 9.67. The van der Waals surface area contributed by atoms with Crippen LogP contribution in [0, 0.1) is 0 Å². The van der Waals surface area contributed by atoms with E-state index in [9.17, 15) is 5.11 Å². The summed E-state index contributed by atoms with van der Waals surface area (Å²) in [7, 11) is 0. The quantitative estimate of drug-likeness (QED) is 0.646. The molecule has 0 aromatic carbocycles. The Morgan fingerprint density at radius 2 is 2.33 bits per heavy atom. The summed E-state index contributed by atoms with van der Waals surface area (Å²) in [6.45, 7) is 10.7. The van der Waals surface area contributed by atoms with Gasteiger partial charge >= 0.3 is 0 Å². The van der Waals surface area contributed by atoms with Crippen LogP contribution in [0.15, 0.2) is 12.2 Å². The lowest BCUT2D eigenvalue weighted by molar-refractivity contribution is 0.0689. The predicted molar refractivity (Wildman–Crippen MR) is 51.1 cm³/mol. The van der Waals surface area contributed by atoms with E-state index in [1.807, 2.05) is 13.8 Å². The lowest BCUT2D eigenvalue weighted by Crippen LogP contribution is -2.30. The molecule has 1 aliphatic heterocycles. The molecule has 1 saturated heterocycles. The van der Waals surface area contributed by atoms with Crippen molar-refractivity contribution in [2.45, 2.75) is 32.3 Å². The van der Waals surface area contributed by atoms with E-state index in [2.05, 4.69) is 11.5 Å². The number of aliphatic hydroxyl groups is 1. The van der Waals surface area contributed by atoms with Gasteiger partial charge < -0.3 is 10.0 Å². The highest BCUT2D eigenvalue weighted by atomic mass is 16.3. The van der Waals surface area contributed by atoms with Crippen molar-refractivity contribution >= 4 is 0 Å². The number of nitrogens with zero attached hydrogens (tertiary/aromatic N) is 1. The lowest BCUT2D eigenvalue weighted by Gasteiger charge is -2.18. The number of rotatable bonds is 3. The standard InChI is InChI=1S/C10H19NO/c1-9(2)4-6-11-7-5-10(3,12)8-11/h12H,1,4-8H2,2-3H3. The highest BCUT2D eigenvalue weighted by Crippen LogP contribution is 2.20. The monoisotopic (exact) mass is 169 g/mol. The van der Waals surface area contributed by atoms with E-state index in [4.69, 9.17) is 0 Å². The van der Waals surface area contributed by atoms with E-state index in [0.717, 1.165) is 32.5 Å². The van der Waals surface area contributed by atoms with Crippen LogP contribution in [0.4, 0.5) is 0 Å². The molecule has 0 amide bonds. The van der Waals surface area contributed by atoms with Crippen molar-refractivity contribution in [3.05, 3.63) is 12.2 Å². The second-order valence-corrected chi connectivity index (χ2v) is 4.23. The molecular formula is C10H19NO. The molecule has 1 heterocycles. The van der Waals surface area contributed by atoms with Crippen LogP contribution in [-0.2, 0) is 0 Å². The predicted octanol–water partition coefficient (Wildman–Crippen LogP) is 1.41. The minimum atomic E-state index is -0.449. The summed E-state index contributed by atoms with van der Waals surface area (Å²) < 4.78 is 0. The lowest BCUT2D eigenvalue weighted by atomic mass is 10.1. The molecule has 12 heavy (non-hydrogen) atoms. The minimum absolute atomic E-state index is 0.449. The molecule has 0 aromatic rings. The summed E-state index contributed by atoms with van der Waals surface area (Å²) in [4.78, 5) is 2.30. The van der Waals surface area contributed by atoms with E-state index in [1.54, 1.807) is 0 Å². The van der Waals surface area contributed by atoms with Gasteiger partial charge in [0.05, 0.1) is 5.60 Å². The van der Waals surface area contributed by atoms with Crippen LogP contribution < -0.4 is 0 Å². The average Bonchev–Trinajstić information content (AvgIpc) is 2.26. The summed E-state index contributed by atoms with van der Waals surface area (Å²) >= 11 is 0. The van der Waals surface area contributed by atoms with Gasteiger partial charge in [0, 0.05) is 19.6 Å². The first-order chi connectivity index (χ1) is 5.49. The third kappa shape index (κ3) is 2.95. The molecule has 1 aliphatic rings. The van der Waals surface area contributed by atoms with Gasteiger partial charge in [0.15, 0.2) is 0 Å². The van der Waals surface area contributed by atoms with Crippen molar-refractivity contribution in [3.63, 3.8) is 0 Å². The summed E-state index contributed by atoms with van der Waals surface area (Å²) in [5.74, 6) is 0. The van der Waals surface area contributed by atoms with E-state index in [-0.39, 0.29) is 0 Å². The van der Waals surface area contributed by atoms with Crippen LogP contribution >= 0.6 is 0 Å². The number of hydrogen-bond donors (Lipinski definition) is 1. The van der Waals surface area contributed by atoms with E-state index in [1.165, 1.54) is 5.57 Å². The van der Waals surface area contributed by atoms with E-state index < -0.39 is 5.60 Å². The molecule has 0 bridgehead atoms. The number of hydrogen-bond acceptors (Lipinski definition) is 2. The largest absolute Gasteiger partial charge is 0.389 e. The highest BCUT2D eigenvalue weighted by Gasteiger charge is 2.30. The molecule has 0 aliphatic carbocycles. The second-order valence-electron chi connectivity index (χ2n) is 4.23. The fourth-order valence-electron chi connectivity index (χ4n) is 1.58. The first kappa shape index (κ1) is 9.75. The van der Waals surface area contributed by atoms with Gasteiger partial charge in [0.25, 0.3) is 0 Å². The van der Waals surface area contributed by atoms with Crippen LogP contribution in [0.25, 0.3) is 0 Å². The van der Waals surface area contributed by atoms with Crippen molar-refractivity contribution in [1.82, 2.24) is 4.90 Å². The number of β-amino-alcohol motifs (C(OH)–C–C–N with tert-alkyl or cyclic N) is 1. The average molecular weight is 169 g/mol. The van der Waals surface area contributed by atoms with Gasteiger partial charge in [-0.3, -0.25) is 0 Å². The molecule has 0 saturated carbocycles. The van der Waals surface area contributed by atoms with Gasteiger partial charge in [0.1, 0.15) is 0 Å². The van der Waals surface area contributed by atoms with Gasteiger partial charge in [-0.15, -0.1) is 6.58 Å². The summed E-state index contributed by atoms with van der Waals surface area (Å²) in [6, 6.07) is 0. The Hall–Kier alpha value is -0.340. The SMILES string of the molecule is C=C(C)CCN1CCC(C)(O)C1. The van der Waals surface area contributed by atoms with Gasteiger partial charge in [-0.1, -0.05) is 5.57 Å². The van der Waals surface area contributed by atoms with Crippen LogP contribution in [0.2, 0.25) is 0 Å². The molecule has 1 atom stereocenters. The smallest absolute Gasteiger partial charge is 0.0758 e. The normalized spacial score (nSPS) is 30.9. The van der Waals surface area contributed by atoms with Crippen LogP contribution in [0.1, 0.15) is 26.7 Å². The fourth-order valence-corrected chi connectivity index (χ4v) is 1.58. The Morgan fingerprint density at radius 1 is 1.67 bits per heavy atom. The topological polar surface area (TPSA) is 23.5 Å². The molecule has 0 spiro atoms. The molecule has 0 radical (unpaired) electrons. The van der Waals surface area contributed by atoms with Gasteiger partial charge in [-0.25, -0.2) is 0 Å². The minimum Gasteiger partial charge on any atom is -0.389 e. The van der Waals surface area contributed by atoms with Crippen LogP contribution in [0.5, 0.6) is 0 Å². The first-order valence-electron chi connectivity index (χ1n) is 4.59. The third-order valence-corrected chi connectivity index (χ3v) is 2.39. The Kier molecular flexibility index (Phi) is 2.91. The maximum absolute atomic E-state index is 9.67. The molecular weight excluding hydrogens is 150 g/mol. The Bertz CT molecular complexity index is 175. The molecule has 2 nitrogen and oxygen atoms in total. The van der Waals surface area contributed by atoms with Crippen molar-refractivity contribution in [3.8, 4) is 0 Å². The summed E-state index contributed by atoms with van der Waals surface area (Å²) in [6.07, 6.45) is 1.96. The van der Waals surface area contributed by atoms with Crippen LogP contribution in [-0.4, -0.2) is 35.2 Å². The zero-order valence-corrected chi connectivity index (χ0v) is 8.14. The third-order valence-electron chi connectivity index (χ3n) is 2.39. The molecule has 2 heteroatoms. The molecule has 1 rings (SSSR count). The van der Waals surface area contributed by atoms with Crippen molar-refractivity contribution in [1.29, 1.82) is 0 Å². The fraction of sp³-hybridized carbons (Fsp3) is 0.800. The van der Waals surface area contributed by atoms with Crippen molar-refractivity contribution in [2.24, 2.45) is 0 Å². The first-order valence-corrected chi connectivity index (χ1v) is 4.59. The van der Waals surface area contributed by atoms with Gasteiger partial charge in [0.2, 0.25) is 0 Å². The highest BCUT2D eigenvalue weighted by molar-refractivity contribution is 4.92. The Labute approximate surface area is 74.9 Å². The number of likely N-dealkylation sites (tertiary alicyclic amines) is 1. The summed E-state index contributed by atoms with van der Waals surface area (Å²) in [5, 5.41) is 9.67. The Balaban J connectivity index is 2.24. The maximum Gasteiger partial charge on any atom is 0.0758 e.